The molecule has 0 aliphatic carbocycles. The molecule has 8 aromatic rings. The fraction of sp³-hybridized carbons (Fsp3) is 0. The highest BCUT2D eigenvalue weighted by Crippen LogP contribution is 2.38. The van der Waals surface area contributed by atoms with Crippen LogP contribution in [-0.4, -0.2) is 4.98 Å². The van der Waals surface area contributed by atoms with Crippen LogP contribution < -0.4 is 0 Å². The number of fused-ring (bicyclic) bond motifs is 6. The van der Waals surface area contributed by atoms with Gasteiger partial charge >= 0.3 is 0 Å². The van der Waals surface area contributed by atoms with Gasteiger partial charge < -0.3 is 4.98 Å². The van der Waals surface area contributed by atoms with E-state index in [1.807, 2.05) is 11.3 Å². The first kappa shape index (κ1) is 21.4. The van der Waals surface area contributed by atoms with Gasteiger partial charge in [-0.1, -0.05) is 103 Å². The third kappa shape index (κ3) is 3.38. The van der Waals surface area contributed by atoms with Crippen LogP contribution in [0.5, 0.6) is 0 Å². The van der Waals surface area contributed by atoms with E-state index in [0.717, 1.165) is 0 Å². The van der Waals surface area contributed by atoms with Crippen molar-refractivity contribution in [2.45, 2.75) is 0 Å². The van der Waals surface area contributed by atoms with Crippen molar-refractivity contribution in [3.8, 4) is 33.4 Å². The lowest BCUT2D eigenvalue weighted by molar-refractivity contribution is 1.53. The van der Waals surface area contributed by atoms with E-state index in [9.17, 15) is 0 Å². The minimum Gasteiger partial charge on any atom is -0.354 e. The van der Waals surface area contributed by atoms with E-state index in [2.05, 4.69) is 138 Å². The smallest absolute Gasteiger partial charge is 0.0544 e. The van der Waals surface area contributed by atoms with Gasteiger partial charge in [-0.3, -0.25) is 0 Å². The Morgan fingerprint density at radius 3 is 1.84 bits per heavy atom. The molecule has 2 heteroatoms. The Kier molecular flexibility index (Phi) is 4.76. The van der Waals surface area contributed by atoms with Gasteiger partial charge in [-0.2, -0.15) is 0 Å². The molecule has 8 rings (SSSR count). The zero-order chi connectivity index (χ0) is 25.1. The number of aromatic amines is 1. The van der Waals surface area contributed by atoms with E-state index < -0.39 is 0 Å². The predicted octanol–water partition coefficient (Wildman–Crippen LogP) is 10.7. The molecular weight excluding hydrogens is 478 g/mol. The summed E-state index contributed by atoms with van der Waals surface area (Å²) in [6, 6.07) is 48.5. The molecule has 0 radical (unpaired) electrons. The monoisotopic (exact) mass is 501 g/mol. The predicted molar refractivity (Wildman–Crippen MR) is 165 cm³/mol. The maximum Gasteiger partial charge on any atom is 0.0544 e. The summed E-state index contributed by atoms with van der Waals surface area (Å²) in [7, 11) is 0. The van der Waals surface area contributed by atoms with Crippen molar-refractivity contribution >= 4 is 53.3 Å². The Bertz CT molecular complexity index is 2140. The van der Waals surface area contributed by atoms with Crippen LogP contribution in [0.15, 0.2) is 133 Å². The fourth-order valence-electron chi connectivity index (χ4n) is 5.76. The summed E-state index contributed by atoms with van der Waals surface area (Å²) >= 11 is 1.87. The van der Waals surface area contributed by atoms with Crippen molar-refractivity contribution in [2.75, 3.05) is 0 Å². The molecule has 6 aromatic carbocycles. The van der Waals surface area contributed by atoms with E-state index in [1.165, 1.54) is 75.4 Å². The Morgan fingerprint density at radius 2 is 1.00 bits per heavy atom. The quantitative estimate of drug-likeness (QED) is 0.248. The first-order valence-electron chi connectivity index (χ1n) is 12.9. The highest BCUT2D eigenvalue weighted by molar-refractivity contribution is 7.25. The molecule has 2 heterocycles. The second-order valence-electron chi connectivity index (χ2n) is 9.87. The average molecular weight is 502 g/mol. The third-order valence-electron chi connectivity index (χ3n) is 7.62. The van der Waals surface area contributed by atoms with Crippen molar-refractivity contribution in [3.63, 3.8) is 0 Å². The Hall–Kier alpha value is -4.66. The van der Waals surface area contributed by atoms with Crippen LogP contribution in [0.2, 0.25) is 0 Å². The Labute approximate surface area is 224 Å². The number of H-pyrrole nitrogens is 1. The van der Waals surface area contributed by atoms with Crippen LogP contribution in [0.3, 0.4) is 0 Å². The van der Waals surface area contributed by atoms with E-state index in [1.54, 1.807) is 0 Å². The molecule has 0 amide bonds. The van der Waals surface area contributed by atoms with E-state index in [4.69, 9.17) is 0 Å². The van der Waals surface area contributed by atoms with Gasteiger partial charge in [0.25, 0.3) is 0 Å². The summed E-state index contributed by atoms with van der Waals surface area (Å²) in [5.74, 6) is 0. The molecule has 0 unspecified atom stereocenters. The lowest BCUT2D eigenvalue weighted by atomic mass is 9.95. The third-order valence-corrected chi connectivity index (χ3v) is 8.76. The topological polar surface area (TPSA) is 15.8 Å². The zero-order valence-electron chi connectivity index (χ0n) is 20.6. The van der Waals surface area contributed by atoms with Crippen LogP contribution >= 0.6 is 11.3 Å². The minimum absolute atomic E-state index is 1.18. The fourth-order valence-corrected chi connectivity index (χ4v) is 6.91. The maximum absolute atomic E-state index is 3.66. The molecule has 0 spiro atoms. The molecule has 38 heavy (non-hydrogen) atoms. The molecule has 0 bridgehead atoms. The highest BCUT2D eigenvalue weighted by Gasteiger charge is 2.11. The van der Waals surface area contributed by atoms with Crippen molar-refractivity contribution in [3.05, 3.63) is 133 Å². The molecule has 1 N–H and O–H groups in total. The van der Waals surface area contributed by atoms with Crippen LogP contribution in [0.25, 0.3) is 75.4 Å². The second kappa shape index (κ2) is 8.44. The molecule has 1 nitrogen and oxygen atoms in total. The Balaban J connectivity index is 1.21. The van der Waals surface area contributed by atoms with Crippen LogP contribution in [0.4, 0.5) is 0 Å². The number of nitrogens with one attached hydrogen (secondary N) is 1. The van der Waals surface area contributed by atoms with Gasteiger partial charge in [0.2, 0.25) is 0 Å². The van der Waals surface area contributed by atoms with Crippen LogP contribution in [-0.2, 0) is 0 Å². The molecular formula is C36H23NS. The molecule has 178 valence electrons. The van der Waals surface area contributed by atoms with Gasteiger partial charge in [0.15, 0.2) is 0 Å². The minimum atomic E-state index is 1.18. The SMILES string of the molecule is c1cc(-c2cccc(-c3cccc4c3[nH]c3ccccc34)c2)cc(-c2ccc3c(c2)sc2ccccc23)c1. The van der Waals surface area contributed by atoms with E-state index >= 15 is 0 Å². The van der Waals surface area contributed by atoms with Crippen molar-refractivity contribution in [2.24, 2.45) is 0 Å². The van der Waals surface area contributed by atoms with E-state index in [-0.39, 0.29) is 0 Å². The number of thiophene rings is 1. The molecule has 0 aliphatic heterocycles. The summed E-state index contributed by atoms with van der Waals surface area (Å²) < 4.78 is 2.68. The van der Waals surface area contributed by atoms with Crippen LogP contribution in [0, 0.1) is 0 Å². The first-order chi connectivity index (χ1) is 18.8. The number of benzene rings is 6. The van der Waals surface area contributed by atoms with Gasteiger partial charge in [0.1, 0.15) is 0 Å². The van der Waals surface area contributed by atoms with Gasteiger partial charge in [-0.25, -0.2) is 0 Å². The van der Waals surface area contributed by atoms with Gasteiger partial charge in [-0.15, -0.1) is 11.3 Å². The molecule has 0 fully saturated rings. The number of para-hydroxylation sites is 2. The Morgan fingerprint density at radius 1 is 0.395 bits per heavy atom. The largest absolute Gasteiger partial charge is 0.354 e. The molecule has 0 aliphatic rings. The molecule has 2 aromatic heterocycles. The average Bonchev–Trinajstić information content (AvgIpc) is 3.55. The summed E-state index contributed by atoms with van der Waals surface area (Å²) in [5, 5.41) is 5.21. The highest BCUT2D eigenvalue weighted by atomic mass is 32.1. The first-order valence-corrected chi connectivity index (χ1v) is 13.8. The molecule has 0 saturated carbocycles. The second-order valence-corrected chi connectivity index (χ2v) is 11.0. The van der Waals surface area contributed by atoms with E-state index in [0.29, 0.717) is 0 Å². The summed E-state index contributed by atoms with van der Waals surface area (Å²) in [5.41, 5.74) is 9.76. The van der Waals surface area contributed by atoms with Gasteiger partial charge in [0, 0.05) is 42.0 Å². The van der Waals surface area contributed by atoms with Crippen molar-refractivity contribution in [1.29, 1.82) is 0 Å². The molecule has 0 saturated heterocycles. The van der Waals surface area contributed by atoms with Crippen molar-refractivity contribution in [1.82, 2.24) is 4.98 Å². The zero-order valence-corrected chi connectivity index (χ0v) is 21.4. The number of aromatic nitrogens is 1. The maximum atomic E-state index is 3.66. The summed E-state index contributed by atoms with van der Waals surface area (Å²) in [6.07, 6.45) is 0. The number of rotatable bonds is 3. The van der Waals surface area contributed by atoms with Crippen molar-refractivity contribution < 1.29 is 0 Å². The lowest BCUT2D eigenvalue weighted by Crippen LogP contribution is -1.84. The van der Waals surface area contributed by atoms with Gasteiger partial charge in [-0.05, 0) is 58.1 Å². The summed E-state index contributed by atoms with van der Waals surface area (Å²) in [6.45, 7) is 0. The lowest BCUT2D eigenvalue weighted by Gasteiger charge is -2.09. The van der Waals surface area contributed by atoms with Gasteiger partial charge in [0.05, 0.1) is 5.52 Å². The summed E-state index contributed by atoms with van der Waals surface area (Å²) in [4.78, 5) is 3.66. The standard InChI is InChI=1S/C36H23NS/c1-3-16-33-29(12-1)32-15-7-14-28(36(32)37-33)27-11-6-10-25(21-27)23-8-5-9-24(20-23)26-18-19-31-30-13-2-4-17-34(30)38-35(31)22-26/h1-22,37H. The van der Waals surface area contributed by atoms with Crippen LogP contribution in [0.1, 0.15) is 0 Å². The normalized spacial score (nSPS) is 11.7. The number of hydrogen-bond acceptors (Lipinski definition) is 1. The molecule has 0 atom stereocenters. The number of hydrogen-bond donors (Lipinski definition) is 1.